The molecule has 1 aliphatic rings. The Balaban J connectivity index is 2.15. The Morgan fingerprint density at radius 1 is 0.939 bits per heavy atom. The molecule has 0 aromatic heterocycles. The van der Waals surface area contributed by atoms with Crippen molar-refractivity contribution >= 4 is 5.97 Å². The zero-order valence-electron chi connectivity index (χ0n) is 19.9. The van der Waals surface area contributed by atoms with Crippen LogP contribution in [-0.4, -0.2) is 81.0 Å². The van der Waals surface area contributed by atoms with E-state index in [1.54, 1.807) is 6.08 Å². The minimum absolute atomic E-state index is 0.235. The molecule has 7 N–H and O–H groups in total. The van der Waals surface area contributed by atoms with Crippen LogP contribution in [-0.2, 0) is 14.3 Å². The summed E-state index contributed by atoms with van der Waals surface area (Å²) in [5.41, 5.74) is 5.89. The Labute approximate surface area is 197 Å². The van der Waals surface area contributed by atoms with Crippen LogP contribution in [0.15, 0.2) is 12.2 Å². The van der Waals surface area contributed by atoms with Crippen molar-refractivity contribution in [3.8, 4) is 0 Å². The molecule has 0 spiro atoms. The quantitative estimate of drug-likeness (QED) is 0.128. The van der Waals surface area contributed by atoms with E-state index < -0.39 is 48.8 Å². The lowest BCUT2D eigenvalue weighted by atomic mass is 9.99. The Morgan fingerprint density at radius 3 is 2.03 bits per heavy atom. The highest BCUT2D eigenvalue weighted by Gasteiger charge is 2.47. The fourth-order valence-electron chi connectivity index (χ4n) is 3.80. The van der Waals surface area contributed by atoms with Crippen molar-refractivity contribution in [2.45, 2.75) is 127 Å². The highest BCUT2D eigenvalue weighted by atomic mass is 16.7. The first-order valence-corrected chi connectivity index (χ1v) is 12.4. The first-order valence-electron chi connectivity index (χ1n) is 12.4. The topological polar surface area (TPSA) is 163 Å². The fourth-order valence-corrected chi connectivity index (χ4v) is 3.80. The number of aliphatic carboxylic acids is 1. The molecule has 1 heterocycles. The zero-order chi connectivity index (χ0) is 24.6. The van der Waals surface area contributed by atoms with E-state index in [-0.39, 0.29) is 6.61 Å². The number of unbranched alkanes of at least 4 members (excludes halogenated alkanes) is 11. The van der Waals surface area contributed by atoms with Gasteiger partial charge in [0.05, 0.1) is 18.8 Å². The summed E-state index contributed by atoms with van der Waals surface area (Å²) in [5, 5.41) is 48.6. The van der Waals surface area contributed by atoms with Crippen LogP contribution >= 0.6 is 0 Å². The molecule has 0 aromatic carbocycles. The average molecular weight is 476 g/mol. The molecule has 1 rings (SSSR count). The molecular weight excluding hydrogens is 430 g/mol. The van der Waals surface area contributed by atoms with Crippen molar-refractivity contribution in [3.05, 3.63) is 12.2 Å². The number of ether oxygens (including phenoxy) is 2. The summed E-state index contributed by atoms with van der Waals surface area (Å²) < 4.78 is 10.3. The molecule has 194 valence electrons. The third kappa shape index (κ3) is 11.8. The number of allylic oxidation sites excluding steroid dienone is 1. The maximum Gasteiger partial charge on any atom is 0.335 e. The van der Waals surface area contributed by atoms with E-state index in [0.29, 0.717) is 0 Å². The maximum absolute atomic E-state index is 11.1. The normalized spacial score (nSPS) is 27.6. The Morgan fingerprint density at radius 2 is 1.48 bits per heavy atom. The van der Waals surface area contributed by atoms with Gasteiger partial charge >= 0.3 is 5.97 Å². The Hall–Kier alpha value is -1.07. The molecule has 9 nitrogen and oxygen atoms in total. The predicted octanol–water partition coefficient (Wildman–Crippen LogP) is 1.84. The standard InChI is InChI=1S/C24H45NO8/c1-2-3-4-5-6-7-8-9-10-11-12-13-14-15-18(26)17(25)16-32-24-21(29)19(27)20(28)22(33-24)23(30)31/h14-15,17-22,24,26-29H,2-13,16,25H2,1H3,(H,30,31)/t17?,18?,19-,20-,21+,22-,24?/m0/s1. The van der Waals surface area contributed by atoms with E-state index in [1.165, 1.54) is 57.8 Å². The van der Waals surface area contributed by atoms with Crippen LogP contribution in [0.3, 0.4) is 0 Å². The third-order valence-corrected chi connectivity index (χ3v) is 6.01. The minimum atomic E-state index is -1.78. The van der Waals surface area contributed by atoms with Gasteiger partial charge in [-0.1, -0.05) is 83.3 Å². The summed E-state index contributed by atoms with van der Waals surface area (Å²) in [6.45, 7) is 2.00. The molecule has 1 saturated heterocycles. The second-order valence-electron chi connectivity index (χ2n) is 8.98. The van der Waals surface area contributed by atoms with Crippen LogP contribution in [0.2, 0.25) is 0 Å². The molecule has 0 bridgehead atoms. The largest absolute Gasteiger partial charge is 0.479 e. The fraction of sp³-hybridized carbons (Fsp3) is 0.875. The van der Waals surface area contributed by atoms with Gasteiger partial charge in [-0.3, -0.25) is 0 Å². The van der Waals surface area contributed by atoms with E-state index in [2.05, 4.69) is 6.92 Å². The number of hydrogen-bond acceptors (Lipinski definition) is 8. The van der Waals surface area contributed by atoms with Crippen LogP contribution in [0.4, 0.5) is 0 Å². The van der Waals surface area contributed by atoms with Gasteiger partial charge in [-0.25, -0.2) is 4.79 Å². The van der Waals surface area contributed by atoms with Gasteiger partial charge in [-0.05, 0) is 12.8 Å². The number of aliphatic hydroxyl groups excluding tert-OH is 4. The van der Waals surface area contributed by atoms with Crippen LogP contribution in [0.25, 0.3) is 0 Å². The monoisotopic (exact) mass is 475 g/mol. The molecule has 0 amide bonds. The summed E-state index contributed by atoms with van der Waals surface area (Å²) >= 11 is 0. The number of aliphatic hydroxyl groups is 4. The van der Waals surface area contributed by atoms with Crippen molar-refractivity contribution in [2.75, 3.05) is 6.61 Å². The van der Waals surface area contributed by atoms with E-state index in [9.17, 15) is 25.2 Å². The molecule has 0 saturated carbocycles. The third-order valence-electron chi connectivity index (χ3n) is 6.01. The van der Waals surface area contributed by atoms with Crippen molar-refractivity contribution in [2.24, 2.45) is 5.73 Å². The summed E-state index contributed by atoms with van der Waals surface area (Å²) in [6.07, 6.45) is 8.98. The first kappa shape index (κ1) is 30.0. The van der Waals surface area contributed by atoms with Gasteiger partial charge in [0.1, 0.15) is 18.3 Å². The molecule has 0 aromatic rings. The summed E-state index contributed by atoms with van der Waals surface area (Å²) in [4.78, 5) is 11.1. The highest BCUT2D eigenvalue weighted by Crippen LogP contribution is 2.22. The lowest BCUT2D eigenvalue weighted by Crippen LogP contribution is -2.60. The van der Waals surface area contributed by atoms with Gasteiger partial charge in [-0.2, -0.15) is 0 Å². The number of rotatable bonds is 18. The van der Waals surface area contributed by atoms with Crippen molar-refractivity contribution in [1.29, 1.82) is 0 Å². The second-order valence-corrected chi connectivity index (χ2v) is 8.98. The molecule has 3 unspecified atom stereocenters. The van der Waals surface area contributed by atoms with E-state index in [4.69, 9.17) is 20.3 Å². The van der Waals surface area contributed by atoms with Crippen LogP contribution in [0.1, 0.15) is 84.0 Å². The Bertz CT molecular complexity index is 547. The van der Waals surface area contributed by atoms with Crippen molar-refractivity contribution < 1.29 is 39.8 Å². The summed E-state index contributed by atoms with van der Waals surface area (Å²) in [6, 6.07) is -0.832. The zero-order valence-corrected chi connectivity index (χ0v) is 19.9. The number of carboxylic acids is 1. The molecule has 0 radical (unpaired) electrons. The first-order chi connectivity index (χ1) is 15.8. The van der Waals surface area contributed by atoms with Gasteiger partial charge in [0.25, 0.3) is 0 Å². The predicted molar refractivity (Wildman–Crippen MR) is 124 cm³/mol. The minimum Gasteiger partial charge on any atom is -0.479 e. The smallest absolute Gasteiger partial charge is 0.335 e. The summed E-state index contributed by atoms with van der Waals surface area (Å²) in [7, 11) is 0. The lowest BCUT2D eigenvalue weighted by molar-refractivity contribution is -0.295. The highest BCUT2D eigenvalue weighted by molar-refractivity contribution is 5.73. The number of carboxylic acid groups (broad SMARTS) is 1. The van der Waals surface area contributed by atoms with Crippen LogP contribution in [0, 0.1) is 0 Å². The molecule has 1 fully saturated rings. The van der Waals surface area contributed by atoms with Gasteiger partial charge < -0.3 is 40.7 Å². The van der Waals surface area contributed by atoms with Crippen LogP contribution in [0.5, 0.6) is 0 Å². The molecule has 1 aliphatic heterocycles. The molecule has 0 aliphatic carbocycles. The van der Waals surface area contributed by atoms with Gasteiger partial charge in [-0.15, -0.1) is 0 Å². The Kier molecular flexibility index (Phi) is 15.8. The van der Waals surface area contributed by atoms with Gasteiger partial charge in [0, 0.05) is 0 Å². The SMILES string of the molecule is CCCCCCCCCCCCCC=CC(O)C(N)COC1O[C@H](C(=O)O)[C@@H](O)[C@H](O)[C@H]1O. The number of carbonyl (C=O) groups is 1. The molecule has 9 heteroatoms. The van der Waals surface area contributed by atoms with E-state index >= 15 is 0 Å². The molecule has 7 atom stereocenters. The molecular formula is C24H45NO8. The number of hydrogen-bond donors (Lipinski definition) is 6. The van der Waals surface area contributed by atoms with Crippen molar-refractivity contribution in [1.82, 2.24) is 0 Å². The molecule has 33 heavy (non-hydrogen) atoms. The lowest BCUT2D eigenvalue weighted by Gasteiger charge is -2.38. The van der Waals surface area contributed by atoms with Gasteiger partial charge in [0.15, 0.2) is 12.4 Å². The average Bonchev–Trinajstić information content (AvgIpc) is 2.79. The van der Waals surface area contributed by atoms with E-state index in [0.717, 1.165) is 19.3 Å². The summed E-state index contributed by atoms with van der Waals surface area (Å²) in [5.74, 6) is -1.49. The van der Waals surface area contributed by atoms with Crippen LogP contribution < -0.4 is 5.73 Å². The van der Waals surface area contributed by atoms with E-state index in [1.807, 2.05) is 6.08 Å². The maximum atomic E-state index is 11.1. The number of nitrogens with two attached hydrogens (primary N) is 1. The second kappa shape index (κ2) is 17.4. The van der Waals surface area contributed by atoms with Gasteiger partial charge in [0.2, 0.25) is 0 Å². The van der Waals surface area contributed by atoms with Crippen molar-refractivity contribution in [3.63, 3.8) is 0 Å².